The first-order valence-electron chi connectivity index (χ1n) is 9.93. The third kappa shape index (κ3) is 1.83. The van der Waals surface area contributed by atoms with Gasteiger partial charge in [-0.1, -0.05) is 13.8 Å². The van der Waals surface area contributed by atoms with Crippen LogP contribution in [0.4, 0.5) is 0 Å². The van der Waals surface area contributed by atoms with Crippen molar-refractivity contribution < 1.29 is 4.79 Å². The highest BCUT2D eigenvalue weighted by Gasteiger charge is 2.60. The normalized spacial score (nSPS) is 46.9. The molecule has 2 nitrogen and oxygen atoms in total. The van der Waals surface area contributed by atoms with Gasteiger partial charge in [0.1, 0.15) is 5.78 Å². The van der Waals surface area contributed by atoms with Crippen molar-refractivity contribution in [2.75, 3.05) is 0 Å². The summed E-state index contributed by atoms with van der Waals surface area (Å²) in [6, 6.07) is 0. The molecule has 0 bridgehead atoms. The Morgan fingerprint density at radius 2 is 1.88 bits per heavy atom. The standard InChI is InChI=1S/C21H29NOS/c1-12-22-17-9-11-20(2)15-8-10-21(3)14(6-7-18(21)23)13(15)4-5-16(20)19(17)24-12/h13-16H,4-11H2,1-3H3/t13-,14-,15-,16-,20+,21-/m0/s1. The molecule has 24 heavy (non-hydrogen) atoms. The van der Waals surface area contributed by atoms with E-state index in [0.29, 0.717) is 17.1 Å². The number of aromatic nitrogens is 1. The van der Waals surface area contributed by atoms with Crippen molar-refractivity contribution in [3.05, 3.63) is 15.6 Å². The van der Waals surface area contributed by atoms with Crippen LogP contribution in [-0.2, 0) is 11.2 Å². The molecule has 0 amide bonds. The molecule has 0 aliphatic heterocycles. The summed E-state index contributed by atoms with van der Waals surface area (Å²) in [4.78, 5) is 19.0. The minimum atomic E-state index is 0.0191. The average molecular weight is 344 g/mol. The minimum Gasteiger partial charge on any atom is -0.299 e. The maximum absolute atomic E-state index is 12.5. The van der Waals surface area contributed by atoms with Crippen molar-refractivity contribution in [2.45, 2.75) is 78.1 Å². The highest BCUT2D eigenvalue weighted by molar-refractivity contribution is 7.11. The molecule has 4 aliphatic rings. The highest BCUT2D eigenvalue weighted by Crippen LogP contribution is 2.67. The maximum atomic E-state index is 12.5. The van der Waals surface area contributed by atoms with Crippen LogP contribution in [0.5, 0.6) is 0 Å². The Hall–Kier alpha value is -0.700. The van der Waals surface area contributed by atoms with Crippen LogP contribution in [0.15, 0.2) is 0 Å². The number of Topliss-reactive ketones (excluding diaryl/α,β-unsaturated/α-hetero) is 1. The Morgan fingerprint density at radius 1 is 1.04 bits per heavy atom. The van der Waals surface area contributed by atoms with Gasteiger partial charge in [0.15, 0.2) is 0 Å². The second-order valence-electron chi connectivity index (χ2n) is 9.47. The van der Waals surface area contributed by atoms with Crippen molar-refractivity contribution in [3.8, 4) is 0 Å². The molecule has 5 rings (SSSR count). The Kier molecular flexibility index (Phi) is 3.19. The molecule has 3 heteroatoms. The molecule has 6 atom stereocenters. The van der Waals surface area contributed by atoms with E-state index in [2.05, 4.69) is 20.8 Å². The van der Waals surface area contributed by atoms with Crippen molar-refractivity contribution in [1.29, 1.82) is 0 Å². The van der Waals surface area contributed by atoms with Gasteiger partial charge in [0.05, 0.1) is 10.7 Å². The van der Waals surface area contributed by atoms with Crippen molar-refractivity contribution in [3.63, 3.8) is 0 Å². The molecular weight excluding hydrogens is 314 g/mol. The smallest absolute Gasteiger partial charge is 0.139 e. The monoisotopic (exact) mass is 343 g/mol. The first-order chi connectivity index (χ1) is 11.4. The number of hydrogen-bond donors (Lipinski definition) is 0. The number of aryl methyl sites for hydroxylation is 2. The van der Waals surface area contributed by atoms with Crippen LogP contribution >= 0.6 is 11.3 Å². The van der Waals surface area contributed by atoms with E-state index in [0.717, 1.165) is 30.6 Å². The summed E-state index contributed by atoms with van der Waals surface area (Å²) in [7, 11) is 0. The number of carbonyl (C=O) groups excluding carboxylic acids is 1. The second-order valence-corrected chi connectivity index (χ2v) is 10.7. The molecule has 0 spiro atoms. The highest BCUT2D eigenvalue weighted by atomic mass is 32.1. The molecule has 0 radical (unpaired) electrons. The van der Waals surface area contributed by atoms with E-state index in [1.54, 1.807) is 4.88 Å². The quantitative estimate of drug-likeness (QED) is 0.640. The average Bonchev–Trinajstić information content (AvgIpc) is 3.06. The second kappa shape index (κ2) is 4.93. The third-order valence-corrected chi connectivity index (χ3v) is 9.76. The fourth-order valence-corrected chi connectivity index (χ4v) is 8.61. The molecular formula is C21H29NOS. The zero-order chi connectivity index (χ0) is 16.7. The lowest BCUT2D eigenvalue weighted by Gasteiger charge is -2.59. The van der Waals surface area contributed by atoms with Crippen molar-refractivity contribution in [2.24, 2.45) is 28.6 Å². The molecule has 3 fully saturated rings. The Labute approximate surface area is 149 Å². The van der Waals surface area contributed by atoms with Crippen LogP contribution in [0.1, 0.15) is 80.3 Å². The van der Waals surface area contributed by atoms with E-state index in [4.69, 9.17) is 4.98 Å². The lowest BCUT2D eigenvalue weighted by atomic mass is 9.46. The van der Waals surface area contributed by atoms with Crippen LogP contribution in [0.25, 0.3) is 0 Å². The summed E-state index contributed by atoms with van der Waals surface area (Å²) in [5.41, 5.74) is 1.88. The number of hydrogen-bond acceptors (Lipinski definition) is 3. The maximum Gasteiger partial charge on any atom is 0.139 e. The lowest BCUT2D eigenvalue weighted by Crippen LogP contribution is -2.52. The number of rotatable bonds is 0. The number of carbonyl (C=O) groups is 1. The van der Waals surface area contributed by atoms with E-state index >= 15 is 0 Å². The molecule has 1 heterocycles. The summed E-state index contributed by atoms with van der Waals surface area (Å²) in [5, 5.41) is 1.25. The number of nitrogens with zero attached hydrogens (tertiary/aromatic N) is 1. The first-order valence-corrected chi connectivity index (χ1v) is 10.7. The predicted molar refractivity (Wildman–Crippen MR) is 97.3 cm³/mol. The van der Waals surface area contributed by atoms with Crippen molar-refractivity contribution >= 4 is 17.1 Å². The fraction of sp³-hybridized carbons (Fsp3) is 0.810. The van der Waals surface area contributed by atoms with Gasteiger partial charge in [0, 0.05) is 22.6 Å². The van der Waals surface area contributed by atoms with E-state index < -0.39 is 0 Å². The summed E-state index contributed by atoms with van der Waals surface area (Å²) < 4.78 is 0. The zero-order valence-corrected chi connectivity index (χ0v) is 16.0. The Bertz CT molecular complexity index is 709. The number of fused-ring (bicyclic) bond motifs is 7. The Morgan fingerprint density at radius 3 is 2.71 bits per heavy atom. The van der Waals surface area contributed by atoms with Gasteiger partial charge in [0.2, 0.25) is 0 Å². The topological polar surface area (TPSA) is 30.0 Å². The summed E-state index contributed by atoms with van der Waals surface area (Å²) in [6.45, 7) is 7.05. The molecule has 130 valence electrons. The van der Waals surface area contributed by atoms with Crippen LogP contribution in [-0.4, -0.2) is 10.8 Å². The molecule has 0 N–H and O–H groups in total. The summed E-state index contributed by atoms with van der Waals surface area (Å²) in [5.74, 6) is 3.60. The van der Waals surface area contributed by atoms with Crippen molar-refractivity contribution in [1.82, 2.24) is 4.98 Å². The zero-order valence-electron chi connectivity index (χ0n) is 15.2. The van der Waals surface area contributed by atoms with Gasteiger partial charge in [-0.3, -0.25) is 4.79 Å². The van der Waals surface area contributed by atoms with Crippen LogP contribution in [0.3, 0.4) is 0 Å². The van der Waals surface area contributed by atoms with Gasteiger partial charge < -0.3 is 0 Å². The first kappa shape index (κ1) is 15.5. The van der Waals surface area contributed by atoms with Crippen LogP contribution in [0, 0.1) is 35.5 Å². The third-order valence-electron chi connectivity index (χ3n) is 8.63. The van der Waals surface area contributed by atoms with E-state index in [-0.39, 0.29) is 5.41 Å². The molecule has 1 aromatic rings. The molecule has 1 aromatic heterocycles. The van der Waals surface area contributed by atoms with Gasteiger partial charge in [-0.2, -0.15) is 0 Å². The molecule has 3 saturated carbocycles. The summed E-state index contributed by atoms with van der Waals surface area (Å²) >= 11 is 1.97. The Balaban J connectivity index is 1.52. The van der Waals surface area contributed by atoms with Gasteiger partial charge in [-0.05, 0) is 75.0 Å². The molecule has 0 aromatic carbocycles. The predicted octanol–water partition coefficient (Wildman–Crippen LogP) is 5.29. The number of ketones is 1. The van der Waals surface area contributed by atoms with E-state index in [1.807, 2.05) is 11.3 Å². The molecule has 4 aliphatic carbocycles. The van der Waals surface area contributed by atoms with E-state index in [9.17, 15) is 4.79 Å². The minimum absolute atomic E-state index is 0.0191. The van der Waals surface area contributed by atoms with Gasteiger partial charge in [-0.25, -0.2) is 4.98 Å². The van der Waals surface area contributed by atoms with Crippen LogP contribution in [0.2, 0.25) is 0 Å². The lowest BCUT2D eigenvalue weighted by molar-refractivity contribution is -0.134. The largest absolute Gasteiger partial charge is 0.299 e. The summed E-state index contributed by atoms with van der Waals surface area (Å²) in [6.07, 6.45) is 9.61. The molecule has 0 unspecified atom stereocenters. The van der Waals surface area contributed by atoms with E-state index in [1.165, 1.54) is 49.2 Å². The SMILES string of the molecule is Cc1nc2c(s1)[C@@H]1CC[C@@H]3[C@H](CC[C@]4(C)C(=O)CC[C@@H]34)[C@@]1(C)CC2. The van der Waals surface area contributed by atoms with Gasteiger partial charge in [-0.15, -0.1) is 11.3 Å². The van der Waals surface area contributed by atoms with Crippen LogP contribution < -0.4 is 0 Å². The van der Waals surface area contributed by atoms with Gasteiger partial charge >= 0.3 is 0 Å². The molecule has 0 saturated heterocycles. The fourth-order valence-electron chi connectivity index (χ4n) is 7.34. The number of thiazole rings is 1. The van der Waals surface area contributed by atoms with Gasteiger partial charge in [0.25, 0.3) is 0 Å².